The SMILES string of the molecule is COc1c(=O)c(C(=O)O)cn2ccoc(=O)c12.COc1c(C(=O)O)n(CC(OC)OC)cc(C(=O)O)c1=O.COc1c2n(cc(C(=O)O)c1=O)C[C@@H]1OCC[C@@H](C)N1C2=O. The number of amides is 1. The molecule has 0 aliphatic carbocycles. The van der Waals surface area contributed by atoms with Crippen molar-refractivity contribution in [2.75, 3.05) is 42.2 Å². The number of carbonyl (C=O) groups is 5. The lowest BCUT2D eigenvalue weighted by Crippen LogP contribution is -2.57. The lowest BCUT2D eigenvalue weighted by Gasteiger charge is -2.44. The van der Waals surface area contributed by atoms with E-state index in [1.165, 1.54) is 49.8 Å². The van der Waals surface area contributed by atoms with Crippen molar-refractivity contribution in [1.82, 2.24) is 18.4 Å². The van der Waals surface area contributed by atoms with Crippen molar-refractivity contribution in [3.63, 3.8) is 0 Å². The van der Waals surface area contributed by atoms with Gasteiger partial charge in [-0.1, -0.05) is 0 Å². The van der Waals surface area contributed by atoms with Crippen LogP contribution in [0, 0.1) is 0 Å². The molecule has 60 heavy (non-hydrogen) atoms. The van der Waals surface area contributed by atoms with Gasteiger partial charge in [-0.05, 0) is 13.3 Å². The zero-order valence-corrected chi connectivity index (χ0v) is 32.6. The van der Waals surface area contributed by atoms with Gasteiger partial charge in [0.1, 0.15) is 23.0 Å². The highest BCUT2D eigenvalue weighted by molar-refractivity contribution is 5.98. The molecule has 6 heterocycles. The van der Waals surface area contributed by atoms with Crippen LogP contribution in [-0.2, 0) is 27.3 Å². The van der Waals surface area contributed by atoms with Crippen LogP contribution in [0.3, 0.4) is 0 Å². The third-order valence-electron chi connectivity index (χ3n) is 9.06. The maximum Gasteiger partial charge on any atom is 0.364 e. The number of fused-ring (bicyclic) bond motifs is 3. The van der Waals surface area contributed by atoms with Gasteiger partial charge in [-0.2, -0.15) is 0 Å². The molecule has 0 aromatic carbocycles. The van der Waals surface area contributed by atoms with E-state index in [-0.39, 0.29) is 47.7 Å². The second-order valence-corrected chi connectivity index (χ2v) is 12.5. The molecule has 0 unspecified atom stereocenters. The van der Waals surface area contributed by atoms with E-state index < -0.39 is 86.4 Å². The minimum Gasteiger partial charge on any atom is -0.491 e. The molecule has 0 spiro atoms. The molecular weight excluding hydrogens is 808 g/mol. The molecule has 1 fully saturated rings. The smallest absolute Gasteiger partial charge is 0.364 e. The fourth-order valence-electron chi connectivity index (χ4n) is 6.22. The summed E-state index contributed by atoms with van der Waals surface area (Å²) < 4.78 is 38.3. The van der Waals surface area contributed by atoms with E-state index >= 15 is 0 Å². The van der Waals surface area contributed by atoms with Gasteiger partial charge in [0.15, 0.2) is 46.7 Å². The van der Waals surface area contributed by atoms with Crippen molar-refractivity contribution in [2.45, 2.75) is 45.0 Å². The molecule has 2 atom stereocenters. The van der Waals surface area contributed by atoms with Gasteiger partial charge in [0.25, 0.3) is 5.91 Å². The maximum atomic E-state index is 12.7. The Hall–Kier alpha value is -7.31. The Bertz CT molecular complexity index is 2580. The van der Waals surface area contributed by atoms with Gasteiger partial charge in [0.05, 0.1) is 41.0 Å². The van der Waals surface area contributed by atoms with Crippen LogP contribution < -0.4 is 36.1 Å². The molecule has 4 N–H and O–H groups in total. The van der Waals surface area contributed by atoms with E-state index in [1.807, 2.05) is 6.92 Å². The van der Waals surface area contributed by atoms with Gasteiger partial charge in [0, 0.05) is 45.0 Å². The van der Waals surface area contributed by atoms with Crippen LogP contribution in [0.25, 0.3) is 5.52 Å². The summed E-state index contributed by atoms with van der Waals surface area (Å²) in [6, 6.07) is -0.0149. The molecule has 0 radical (unpaired) electrons. The lowest BCUT2D eigenvalue weighted by molar-refractivity contribution is -0.112. The van der Waals surface area contributed by atoms with Crippen LogP contribution in [0.4, 0.5) is 0 Å². The van der Waals surface area contributed by atoms with E-state index in [2.05, 4.69) is 4.42 Å². The first-order valence-electron chi connectivity index (χ1n) is 17.1. The minimum absolute atomic E-state index is 0.0149. The van der Waals surface area contributed by atoms with Crippen molar-refractivity contribution in [3.8, 4) is 17.2 Å². The van der Waals surface area contributed by atoms with Gasteiger partial charge in [-0.25, -0.2) is 24.0 Å². The summed E-state index contributed by atoms with van der Waals surface area (Å²) in [5.41, 5.74) is -5.50. The summed E-state index contributed by atoms with van der Waals surface area (Å²) in [4.78, 5) is 106. The Morgan fingerprint density at radius 3 is 1.82 bits per heavy atom. The number of pyridine rings is 3. The van der Waals surface area contributed by atoms with Gasteiger partial charge < -0.3 is 71.7 Å². The Morgan fingerprint density at radius 1 is 0.750 bits per heavy atom. The van der Waals surface area contributed by atoms with Gasteiger partial charge in [-0.3, -0.25) is 19.2 Å². The standard InChI is InChI=1S/C14H16N2O6.C12H15NO8.C10H7NO6/c1-7-3-4-22-9-6-15-5-8(14(19)20)11(17)12(21-2)10(15)13(18)16(7)9;1-19-7(20-2)5-13-4-6(11(15)16)9(14)10(21-3)8(13)12(17)18;1-16-8-6-10(15)17-3-2-11(6)4-5(7(8)12)9(13)14/h5,7,9H,3-4,6H2,1-2H3,(H,19,20);4,7H,5H2,1-3H3,(H,15,16)(H,17,18);2-4H,1H3,(H,13,14)/t7-,9+;;/m1../s1. The largest absolute Gasteiger partial charge is 0.491 e. The third kappa shape index (κ3) is 8.88. The van der Waals surface area contributed by atoms with Crippen molar-refractivity contribution in [3.05, 3.63) is 100 Å². The van der Waals surface area contributed by atoms with Gasteiger partial charge in [-0.15, -0.1) is 0 Å². The first kappa shape index (κ1) is 45.4. The van der Waals surface area contributed by atoms with E-state index in [1.54, 1.807) is 4.90 Å². The molecule has 2 aliphatic heterocycles. The molecule has 322 valence electrons. The summed E-state index contributed by atoms with van der Waals surface area (Å²) in [6.07, 6.45) is 4.97. The van der Waals surface area contributed by atoms with Crippen LogP contribution in [0.5, 0.6) is 17.2 Å². The maximum absolute atomic E-state index is 12.7. The summed E-state index contributed by atoms with van der Waals surface area (Å²) in [6.45, 7) is 2.58. The summed E-state index contributed by atoms with van der Waals surface area (Å²) in [5.74, 6) is -7.20. The summed E-state index contributed by atoms with van der Waals surface area (Å²) >= 11 is 0. The molecule has 0 bridgehead atoms. The highest BCUT2D eigenvalue weighted by Crippen LogP contribution is 2.29. The highest BCUT2D eigenvalue weighted by Gasteiger charge is 2.41. The van der Waals surface area contributed by atoms with E-state index in [9.17, 15) is 48.3 Å². The molecule has 4 aromatic heterocycles. The lowest BCUT2D eigenvalue weighted by atomic mass is 10.1. The number of carbonyl (C=O) groups excluding carboxylic acids is 1. The summed E-state index contributed by atoms with van der Waals surface area (Å²) in [7, 11) is 6.19. The second kappa shape index (κ2) is 19.0. The predicted molar refractivity (Wildman–Crippen MR) is 199 cm³/mol. The topological polar surface area (TPSA) is 321 Å². The second-order valence-electron chi connectivity index (χ2n) is 12.5. The fraction of sp³-hybridized carbons (Fsp3) is 0.361. The van der Waals surface area contributed by atoms with Gasteiger partial charge >= 0.3 is 29.5 Å². The number of methoxy groups -OCH3 is 5. The highest BCUT2D eigenvalue weighted by atomic mass is 16.7. The number of hydrogen-bond donors (Lipinski definition) is 4. The first-order valence-corrected chi connectivity index (χ1v) is 17.1. The zero-order chi connectivity index (χ0) is 44.7. The Balaban J connectivity index is 0.000000200. The molecule has 2 aliphatic rings. The Morgan fingerprint density at radius 2 is 1.28 bits per heavy atom. The zero-order valence-electron chi connectivity index (χ0n) is 32.6. The van der Waals surface area contributed by atoms with Crippen LogP contribution >= 0.6 is 0 Å². The van der Waals surface area contributed by atoms with Crippen LogP contribution in [0.15, 0.2) is 54.6 Å². The first-order chi connectivity index (χ1) is 28.4. The average molecular weight is 847 g/mol. The number of nitrogens with zero attached hydrogens (tertiary/aromatic N) is 4. The Labute approximate surface area is 335 Å². The van der Waals surface area contributed by atoms with E-state index in [0.29, 0.717) is 13.0 Å². The molecule has 6 rings (SSSR count). The number of aromatic nitrogens is 3. The van der Waals surface area contributed by atoms with E-state index in [4.69, 9.17) is 43.7 Å². The summed E-state index contributed by atoms with van der Waals surface area (Å²) in [5, 5.41) is 36.2. The van der Waals surface area contributed by atoms with Gasteiger partial charge in [0.2, 0.25) is 16.3 Å². The van der Waals surface area contributed by atoms with Crippen LogP contribution in [0.1, 0.15) is 65.4 Å². The number of carboxylic acid groups (broad SMARTS) is 4. The quantitative estimate of drug-likeness (QED) is 0.144. The minimum atomic E-state index is -1.49. The average Bonchev–Trinajstić information content (AvgIpc) is 3.20. The monoisotopic (exact) mass is 846 g/mol. The number of ether oxygens (including phenoxy) is 6. The molecule has 1 saturated heterocycles. The molecule has 24 heteroatoms. The number of hydrogen-bond acceptors (Lipinski definition) is 16. The predicted octanol–water partition coefficient (Wildman–Crippen LogP) is -0.0225. The van der Waals surface area contributed by atoms with Crippen molar-refractivity contribution >= 4 is 35.3 Å². The van der Waals surface area contributed by atoms with Crippen LogP contribution in [-0.4, -0.2) is 129 Å². The fourth-order valence-corrected chi connectivity index (χ4v) is 6.22. The normalized spacial score (nSPS) is 15.4. The number of rotatable bonds is 11. The molecular formula is C36H38N4O20. The third-order valence-corrected chi connectivity index (χ3v) is 9.06. The van der Waals surface area contributed by atoms with Crippen LogP contribution in [0.2, 0.25) is 0 Å². The van der Waals surface area contributed by atoms with E-state index in [0.717, 1.165) is 30.3 Å². The number of carboxylic acids is 4. The van der Waals surface area contributed by atoms with Crippen molar-refractivity contribution < 1.29 is 77.2 Å². The molecule has 1 amide bonds. The number of aromatic carboxylic acids is 4. The van der Waals surface area contributed by atoms with Crippen molar-refractivity contribution in [2.24, 2.45) is 0 Å². The Kier molecular flexibility index (Phi) is 14.3. The molecule has 4 aromatic rings. The molecule has 24 nitrogen and oxygen atoms in total. The van der Waals surface area contributed by atoms with Crippen molar-refractivity contribution in [1.29, 1.82) is 0 Å². The molecule has 0 saturated carbocycles.